The van der Waals surface area contributed by atoms with Gasteiger partial charge in [0.05, 0.1) is 5.69 Å². The lowest BCUT2D eigenvalue weighted by Crippen LogP contribution is -2.50. The van der Waals surface area contributed by atoms with Gasteiger partial charge < -0.3 is 15.5 Å². The third kappa shape index (κ3) is 3.71. The van der Waals surface area contributed by atoms with E-state index < -0.39 is 11.6 Å². The van der Waals surface area contributed by atoms with Crippen LogP contribution in [0.25, 0.3) is 0 Å². The van der Waals surface area contributed by atoms with E-state index in [1.54, 1.807) is 0 Å². The number of carbonyl (C=O) groups excluding carboxylic acids is 1. The summed E-state index contributed by atoms with van der Waals surface area (Å²) in [6.07, 6.45) is 0.278. The van der Waals surface area contributed by atoms with E-state index >= 15 is 0 Å². The Bertz CT molecular complexity index is 467. The monoisotopic (exact) mass is 269 g/mol. The molecule has 104 valence electrons. The second kappa shape index (κ2) is 6.08. The SMILES string of the molecule is CN1CCNCC1CC(=O)Nc1ccc(F)cc1F. The van der Waals surface area contributed by atoms with Gasteiger partial charge in [0, 0.05) is 38.2 Å². The number of amides is 1. The number of halogens is 2. The molecule has 1 saturated heterocycles. The molecule has 1 aliphatic heterocycles. The average molecular weight is 269 g/mol. The highest BCUT2D eigenvalue weighted by molar-refractivity contribution is 5.91. The van der Waals surface area contributed by atoms with Crippen LogP contribution in [-0.4, -0.2) is 43.5 Å². The number of nitrogens with zero attached hydrogens (tertiary/aromatic N) is 1. The van der Waals surface area contributed by atoms with Gasteiger partial charge in [0.25, 0.3) is 0 Å². The molecule has 1 aromatic rings. The van der Waals surface area contributed by atoms with Crippen molar-refractivity contribution in [2.24, 2.45) is 0 Å². The van der Waals surface area contributed by atoms with Crippen molar-refractivity contribution in [3.63, 3.8) is 0 Å². The second-order valence-corrected chi connectivity index (χ2v) is 4.72. The Labute approximate surface area is 110 Å². The second-order valence-electron chi connectivity index (χ2n) is 4.72. The number of carbonyl (C=O) groups is 1. The van der Waals surface area contributed by atoms with Crippen LogP contribution in [0.1, 0.15) is 6.42 Å². The normalized spacial score (nSPS) is 20.3. The molecule has 6 heteroatoms. The predicted molar refractivity (Wildman–Crippen MR) is 68.9 cm³/mol. The lowest BCUT2D eigenvalue weighted by molar-refractivity contribution is -0.117. The summed E-state index contributed by atoms with van der Waals surface area (Å²) in [6, 6.07) is 3.19. The highest BCUT2D eigenvalue weighted by Gasteiger charge is 2.21. The van der Waals surface area contributed by atoms with E-state index in [1.165, 1.54) is 6.07 Å². The summed E-state index contributed by atoms with van der Waals surface area (Å²) < 4.78 is 26.1. The van der Waals surface area contributed by atoms with Gasteiger partial charge in [-0.25, -0.2) is 8.78 Å². The molecule has 1 fully saturated rings. The fourth-order valence-electron chi connectivity index (χ4n) is 2.10. The van der Waals surface area contributed by atoms with Gasteiger partial charge in [0.2, 0.25) is 5.91 Å². The quantitative estimate of drug-likeness (QED) is 0.866. The van der Waals surface area contributed by atoms with Crippen LogP contribution in [0.2, 0.25) is 0 Å². The van der Waals surface area contributed by atoms with Crippen molar-refractivity contribution >= 4 is 11.6 Å². The number of benzene rings is 1. The standard InChI is InChI=1S/C13H17F2N3O/c1-18-5-4-16-8-10(18)7-13(19)17-12-3-2-9(14)6-11(12)15/h2-3,6,10,16H,4-5,7-8H2,1H3,(H,17,19). The van der Waals surface area contributed by atoms with Crippen molar-refractivity contribution in [1.29, 1.82) is 0 Å². The van der Waals surface area contributed by atoms with Crippen LogP contribution in [0.5, 0.6) is 0 Å². The molecule has 19 heavy (non-hydrogen) atoms. The number of hydrogen-bond acceptors (Lipinski definition) is 3. The third-order valence-electron chi connectivity index (χ3n) is 3.27. The third-order valence-corrected chi connectivity index (χ3v) is 3.27. The lowest BCUT2D eigenvalue weighted by atomic mass is 10.1. The van der Waals surface area contributed by atoms with Gasteiger partial charge in [-0.2, -0.15) is 0 Å². The molecule has 1 aliphatic rings. The fourth-order valence-corrected chi connectivity index (χ4v) is 2.10. The van der Waals surface area contributed by atoms with Crippen molar-refractivity contribution in [3.05, 3.63) is 29.8 Å². The Morgan fingerprint density at radius 1 is 1.53 bits per heavy atom. The van der Waals surface area contributed by atoms with Gasteiger partial charge in [0.1, 0.15) is 11.6 Å². The first-order chi connectivity index (χ1) is 9.06. The van der Waals surface area contributed by atoms with Crippen LogP contribution in [0.15, 0.2) is 18.2 Å². The molecular weight excluding hydrogens is 252 g/mol. The highest BCUT2D eigenvalue weighted by Crippen LogP contribution is 2.16. The molecule has 2 rings (SSSR count). The summed E-state index contributed by atoms with van der Waals surface area (Å²) in [7, 11) is 1.96. The minimum absolute atomic E-state index is 0.0119. The minimum atomic E-state index is -0.761. The van der Waals surface area contributed by atoms with Crippen molar-refractivity contribution in [2.45, 2.75) is 12.5 Å². The number of anilines is 1. The summed E-state index contributed by atoms with van der Waals surface area (Å²) in [5.74, 6) is -1.69. The Kier molecular flexibility index (Phi) is 4.44. The van der Waals surface area contributed by atoms with Crippen molar-refractivity contribution in [2.75, 3.05) is 32.0 Å². The fraction of sp³-hybridized carbons (Fsp3) is 0.462. The molecule has 1 heterocycles. The Hall–Kier alpha value is -1.53. The maximum atomic E-state index is 13.4. The number of piperazine rings is 1. The minimum Gasteiger partial charge on any atom is -0.324 e. The molecule has 0 aromatic heterocycles. The van der Waals surface area contributed by atoms with Crippen molar-refractivity contribution < 1.29 is 13.6 Å². The number of hydrogen-bond donors (Lipinski definition) is 2. The zero-order valence-electron chi connectivity index (χ0n) is 10.7. The molecule has 2 N–H and O–H groups in total. The lowest BCUT2D eigenvalue weighted by Gasteiger charge is -2.32. The molecule has 4 nitrogen and oxygen atoms in total. The van der Waals surface area contributed by atoms with Gasteiger partial charge in [-0.15, -0.1) is 0 Å². The largest absolute Gasteiger partial charge is 0.324 e. The summed E-state index contributed by atoms with van der Waals surface area (Å²) in [5.41, 5.74) is 0.0119. The number of rotatable bonds is 3. The highest BCUT2D eigenvalue weighted by atomic mass is 19.1. The summed E-state index contributed by atoms with van der Waals surface area (Å²) >= 11 is 0. The average Bonchev–Trinajstić information content (AvgIpc) is 2.36. The van der Waals surface area contributed by atoms with E-state index in [9.17, 15) is 13.6 Å². The van der Waals surface area contributed by atoms with Crippen LogP contribution < -0.4 is 10.6 Å². The molecular formula is C13H17F2N3O. The van der Waals surface area contributed by atoms with E-state index in [0.29, 0.717) is 0 Å². The molecule has 1 aromatic carbocycles. The maximum absolute atomic E-state index is 13.4. The van der Waals surface area contributed by atoms with Crippen LogP contribution >= 0.6 is 0 Å². The van der Waals surface area contributed by atoms with Crippen LogP contribution in [-0.2, 0) is 4.79 Å². The van der Waals surface area contributed by atoms with E-state index in [-0.39, 0.29) is 24.1 Å². The Morgan fingerprint density at radius 3 is 3.00 bits per heavy atom. The zero-order chi connectivity index (χ0) is 13.8. The van der Waals surface area contributed by atoms with Gasteiger partial charge in [0.15, 0.2) is 0 Å². The zero-order valence-corrected chi connectivity index (χ0v) is 10.7. The van der Waals surface area contributed by atoms with E-state index in [0.717, 1.165) is 31.8 Å². The number of nitrogens with one attached hydrogen (secondary N) is 2. The van der Waals surface area contributed by atoms with Gasteiger partial charge >= 0.3 is 0 Å². The summed E-state index contributed by atoms with van der Waals surface area (Å²) in [4.78, 5) is 13.9. The Morgan fingerprint density at radius 2 is 2.32 bits per heavy atom. The predicted octanol–water partition coefficient (Wildman–Crippen LogP) is 1.20. The molecule has 1 unspecified atom stereocenters. The van der Waals surface area contributed by atoms with Gasteiger partial charge in [-0.05, 0) is 19.2 Å². The van der Waals surface area contributed by atoms with Gasteiger partial charge in [-0.3, -0.25) is 4.79 Å². The van der Waals surface area contributed by atoms with Gasteiger partial charge in [-0.1, -0.05) is 0 Å². The van der Waals surface area contributed by atoms with E-state index in [4.69, 9.17) is 0 Å². The summed E-state index contributed by atoms with van der Waals surface area (Å²) in [6.45, 7) is 2.51. The van der Waals surface area contributed by atoms with Crippen molar-refractivity contribution in [3.8, 4) is 0 Å². The van der Waals surface area contributed by atoms with Crippen molar-refractivity contribution in [1.82, 2.24) is 10.2 Å². The van der Waals surface area contributed by atoms with Crippen LogP contribution in [0.3, 0.4) is 0 Å². The molecule has 1 atom stereocenters. The first-order valence-corrected chi connectivity index (χ1v) is 6.22. The molecule has 0 saturated carbocycles. The van der Waals surface area contributed by atoms with E-state index in [2.05, 4.69) is 15.5 Å². The van der Waals surface area contributed by atoms with Crippen LogP contribution in [0, 0.1) is 11.6 Å². The van der Waals surface area contributed by atoms with Crippen LogP contribution in [0.4, 0.5) is 14.5 Å². The number of likely N-dealkylation sites (N-methyl/N-ethyl adjacent to an activating group) is 1. The molecule has 1 amide bonds. The topological polar surface area (TPSA) is 44.4 Å². The molecule has 0 spiro atoms. The molecule has 0 radical (unpaired) electrons. The van der Waals surface area contributed by atoms with E-state index in [1.807, 2.05) is 7.05 Å². The summed E-state index contributed by atoms with van der Waals surface area (Å²) in [5, 5.41) is 5.68. The molecule has 0 aliphatic carbocycles. The Balaban J connectivity index is 1.93. The smallest absolute Gasteiger partial charge is 0.226 e. The first-order valence-electron chi connectivity index (χ1n) is 6.22. The maximum Gasteiger partial charge on any atom is 0.226 e. The first kappa shape index (κ1) is 13.9. The molecule has 0 bridgehead atoms.